The van der Waals surface area contributed by atoms with Gasteiger partial charge in [0, 0.05) is 11.4 Å². The minimum Gasteiger partial charge on any atom is -0.481 e. The van der Waals surface area contributed by atoms with Gasteiger partial charge in [-0.3, -0.25) is 13.8 Å². The molecule has 1 unspecified atom stereocenters. The number of amides is 1. The van der Waals surface area contributed by atoms with Crippen LogP contribution in [0.4, 0.5) is 0 Å². The lowest BCUT2D eigenvalue weighted by Gasteiger charge is -2.04. The van der Waals surface area contributed by atoms with Gasteiger partial charge in [-0.15, -0.1) is 0 Å². The molecule has 0 spiro atoms. The summed E-state index contributed by atoms with van der Waals surface area (Å²) in [7, 11) is -1.40. The van der Waals surface area contributed by atoms with Crippen LogP contribution in [0, 0.1) is 0 Å². The molecule has 1 atom stereocenters. The van der Waals surface area contributed by atoms with Crippen molar-refractivity contribution in [1.82, 2.24) is 5.32 Å². The van der Waals surface area contributed by atoms with Crippen molar-refractivity contribution >= 4 is 22.7 Å². The first-order valence-electron chi connectivity index (χ1n) is 5.98. The van der Waals surface area contributed by atoms with E-state index in [1.807, 2.05) is 6.92 Å². The fraction of sp³-hybridized carbons (Fsp3) is 0.385. The first kappa shape index (κ1) is 15.4. The Morgan fingerprint density at radius 3 is 2.42 bits per heavy atom. The average molecular weight is 283 g/mol. The standard InChI is InChI=1S/C13H17NO4S/c1-2-7-14-12(15)9-19(18)11-5-3-10(4-6-11)8-13(16)17/h3-6H,2,7-9H2,1H3,(H,14,15)(H,16,17). The van der Waals surface area contributed by atoms with E-state index in [1.54, 1.807) is 24.3 Å². The van der Waals surface area contributed by atoms with Gasteiger partial charge in [0.25, 0.3) is 0 Å². The highest BCUT2D eigenvalue weighted by Gasteiger charge is 2.10. The summed E-state index contributed by atoms with van der Waals surface area (Å²) in [4.78, 5) is 22.5. The monoisotopic (exact) mass is 283 g/mol. The number of aliphatic carboxylic acids is 1. The topological polar surface area (TPSA) is 83.5 Å². The van der Waals surface area contributed by atoms with Crippen molar-refractivity contribution in [3.63, 3.8) is 0 Å². The van der Waals surface area contributed by atoms with Crippen LogP contribution in [0.5, 0.6) is 0 Å². The molecule has 0 saturated carbocycles. The Kier molecular flexibility index (Phi) is 6.21. The smallest absolute Gasteiger partial charge is 0.307 e. The van der Waals surface area contributed by atoms with Gasteiger partial charge >= 0.3 is 5.97 Å². The fourth-order valence-corrected chi connectivity index (χ4v) is 2.40. The highest BCUT2D eigenvalue weighted by molar-refractivity contribution is 7.85. The van der Waals surface area contributed by atoms with E-state index in [0.717, 1.165) is 6.42 Å². The Labute approximate surface area is 114 Å². The van der Waals surface area contributed by atoms with Crippen molar-refractivity contribution in [3.8, 4) is 0 Å². The van der Waals surface area contributed by atoms with Gasteiger partial charge < -0.3 is 10.4 Å². The van der Waals surface area contributed by atoms with Crippen molar-refractivity contribution in [2.24, 2.45) is 0 Å². The summed E-state index contributed by atoms with van der Waals surface area (Å²) in [6.07, 6.45) is 0.770. The van der Waals surface area contributed by atoms with Gasteiger partial charge in [0.15, 0.2) is 0 Å². The molecule has 0 aromatic heterocycles. The molecule has 1 aromatic rings. The van der Waals surface area contributed by atoms with Crippen LogP contribution in [0.3, 0.4) is 0 Å². The summed E-state index contributed by atoms with van der Waals surface area (Å²) in [5.74, 6) is -1.22. The second-order valence-electron chi connectivity index (χ2n) is 4.05. The SMILES string of the molecule is CCCNC(=O)CS(=O)c1ccc(CC(=O)O)cc1. The van der Waals surface area contributed by atoms with Crippen molar-refractivity contribution in [2.75, 3.05) is 12.3 Å². The lowest BCUT2D eigenvalue weighted by atomic mass is 10.2. The number of carboxylic acids is 1. The fourth-order valence-electron chi connectivity index (χ4n) is 1.45. The average Bonchev–Trinajstić information content (AvgIpc) is 2.36. The van der Waals surface area contributed by atoms with Crippen LogP contribution in [0.15, 0.2) is 29.2 Å². The van der Waals surface area contributed by atoms with E-state index in [-0.39, 0.29) is 18.1 Å². The molecule has 104 valence electrons. The van der Waals surface area contributed by atoms with Gasteiger partial charge in [-0.1, -0.05) is 19.1 Å². The molecule has 1 amide bonds. The summed E-state index contributed by atoms with van der Waals surface area (Å²) in [6, 6.07) is 6.43. The lowest BCUT2D eigenvalue weighted by Crippen LogP contribution is -2.28. The molecule has 19 heavy (non-hydrogen) atoms. The predicted octanol–water partition coefficient (Wildman–Crippen LogP) is 0.947. The van der Waals surface area contributed by atoms with Gasteiger partial charge in [0.1, 0.15) is 5.75 Å². The summed E-state index contributed by atoms with van der Waals surface area (Å²) >= 11 is 0. The van der Waals surface area contributed by atoms with Crippen molar-refractivity contribution in [3.05, 3.63) is 29.8 Å². The second-order valence-corrected chi connectivity index (χ2v) is 5.51. The Balaban J connectivity index is 2.57. The van der Waals surface area contributed by atoms with Crippen LogP contribution in [0.2, 0.25) is 0 Å². The maximum Gasteiger partial charge on any atom is 0.307 e. The third kappa shape index (κ3) is 5.65. The molecule has 6 heteroatoms. The van der Waals surface area contributed by atoms with Crippen molar-refractivity contribution in [1.29, 1.82) is 0 Å². The third-order valence-electron chi connectivity index (χ3n) is 2.38. The zero-order chi connectivity index (χ0) is 14.3. The van der Waals surface area contributed by atoms with Crippen LogP contribution >= 0.6 is 0 Å². The Morgan fingerprint density at radius 2 is 1.89 bits per heavy atom. The van der Waals surface area contributed by atoms with Gasteiger partial charge in [-0.25, -0.2) is 0 Å². The predicted molar refractivity (Wildman–Crippen MR) is 72.4 cm³/mol. The number of benzene rings is 1. The minimum absolute atomic E-state index is 0.0656. The van der Waals surface area contributed by atoms with Gasteiger partial charge in [-0.2, -0.15) is 0 Å². The molecule has 0 aliphatic carbocycles. The minimum atomic E-state index is -1.40. The molecule has 0 fully saturated rings. The van der Waals surface area contributed by atoms with Crippen LogP contribution in [0.1, 0.15) is 18.9 Å². The summed E-state index contributed by atoms with van der Waals surface area (Å²) in [5, 5.41) is 11.3. The van der Waals surface area contributed by atoms with Crippen LogP contribution in [-0.4, -0.2) is 33.5 Å². The van der Waals surface area contributed by atoms with E-state index < -0.39 is 16.8 Å². The van der Waals surface area contributed by atoms with E-state index in [0.29, 0.717) is 17.0 Å². The Hall–Kier alpha value is -1.69. The molecule has 1 rings (SSSR count). The van der Waals surface area contributed by atoms with Gasteiger partial charge in [-0.05, 0) is 24.1 Å². The molecular formula is C13H17NO4S. The molecule has 2 N–H and O–H groups in total. The lowest BCUT2D eigenvalue weighted by molar-refractivity contribution is -0.136. The summed E-state index contributed by atoms with van der Waals surface area (Å²) in [6.45, 7) is 2.52. The first-order valence-corrected chi connectivity index (χ1v) is 7.30. The number of hydrogen-bond acceptors (Lipinski definition) is 3. The molecule has 0 heterocycles. The molecular weight excluding hydrogens is 266 g/mol. The van der Waals surface area contributed by atoms with Crippen LogP contribution in [-0.2, 0) is 26.8 Å². The number of nitrogens with one attached hydrogen (secondary N) is 1. The maximum absolute atomic E-state index is 11.9. The zero-order valence-corrected chi connectivity index (χ0v) is 11.5. The van der Waals surface area contributed by atoms with E-state index >= 15 is 0 Å². The van der Waals surface area contributed by atoms with Gasteiger partial charge in [0.2, 0.25) is 5.91 Å². The first-order chi connectivity index (χ1) is 9.02. The van der Waals surface area contributed by atoms with E-state index in [4.69, 9.17) is 5.11 Å². The molecule has 0 radical (unpaired) electrons. The maximum atomic E-state index is 11.9. The highest BCUT2D eigenvalue weighted by Crippen LogP contribution is 2.09. The van der Waals surface area contributed by atoms with Gasteiger partial charge in [0.05, 0.1) is 17.2 Å². The molecule has 0 saturated heterocycles. The number of hydrogen-bond donors (Lipinski definition) is 2. The van der Waals surface area contributed by atoms with E-state index in [1.165, 1.54) is 0 Å². The molecule has 0 aliphatic rings. The third-order valence-corrected chi connectivity index (χ3v) is 3.70. The second kappa shape index (κ2) is 7.68. The van der Waals surface area contributed by atoms with E-state index in [9.17, 15) is 13.8 Å². The Morgan fingerprint density at radius 1 is 1.26 bits per heavy atom. The highest BCUT2D eigenvalue weighted by atomic mass is 32.2. The van der Waals surface area contributed by atoms with Crippen LogP contribution < -0.4 is 5.32 Å². The number of carbonyl (C=O) groups excluding carboxylic acids is 1. The number of carbonyl (C=O) groups is 2. The summed E-state index contributed by atoms with van der Waals surface area (Å²) < 4.78 is 11.9. The largest absolute Gasteiger partial charge is 0.481 e. The van der Waals surface area contributed by atoms with E-state index in [2.05, 4.69) is 5.32 Å². The molecule has 0 bridgehead atoms. The normalized spacial score (nSPS) is 11.8. The van der Waals surface area contributed by atoms with Crippen molar-refractivity contribution in [2.45, 2.75) is 24.7 Å². The molecule has 1 aromatic carbocycles. The summed E-state index contributed by atoms with van der Waals surface area (Å²) in [5.41, 5.74) is 0.642. The molecule has 0 aliphatic heterocycles. The number of rotatable bonds is 7. The Bertz CT molecular complexity index is 470. The number of carboxylic acid groups (broad SMARTS) is 1. The molecule has 5 nitrogen and oxygen atoms in total. The zero-order valence-electron chi connectivity index (χ0n) is 10.7. The van der Waals surface area contributed by atoms with Crippen LogP contribution in [0.25, 0.3) is 0 Å². The van der Waals surface area contributed by atoms with Crippen molar-refractivity contribution < 1.29 is 18.9 Å². The quantitative estimate of drug-likeness (QED) is 0.780.